The number of likely N-dealkylation sites (N-methyl/N-ethyl adjacent to an activating group) is 1. The molecule has 0 bridgehead atoms. The van der Waals surface area contributed by atoms with Gasteiger partial charge in [-0.2, -0.15) is 0 Å². The van der Waals surface area contributed by atoms with Crippen LogP contribution >= 0.6 is 0 Å². The maximum atomic E-state index is 5.99. The number of nitrogens with zero attached hydrogens (tertiary/aromatic N) is 3. The molecule has 1 N–H and O–H groups in total. The summed E-state index contributed by atoms with van der Waals surface area (Å²) in [6.07, 6.45) is 10.3. The number of hydrogen-bond donors (Lipinski definition) is 1. The Hall–Kier alpha value is -2.53. The lowest BCUT2D eigenvalue weighted by Gasteiger charge is -2.15. The molecular weight excluding hydrogens is 336 g/mol. The molecule has 1 saturated carbocycles. The molecule has 27 heavy (non-hydrogen) atoms. The van der Waals surface area contributed by atoms with Crippen molar-refractivity contribution in [2.24, 2.45) is 7.05 Å². The molecule has 5 rings (SSSR count). The molecule has 1 aromatic carbocycles. The predicted molar refractivity (Wildman–Crippen MR) is 110 cm³/mol. The highest BCUT2D eigenvalue weighted by Crippen LogP contribution is 2.38. The first-order valence-electron chi connectivity index (χ1n) is 9.91. The van der Waals surface area contributed by atoms with E-state index in [4.69, 9.17) is 4.84 Å². The minimum atomic E-state index is 0.314. The van der Waals surface area contributed by atoms with Gasteiger partial charge in [0.25, 0.3) is 0 Å². The SMILES string of the molecule is CN1CCc2ccc(-c3cn(C)c4nccc(NOC5CCCC5)c34)cc21. The van der Waals surface area contributed by atoms with Crippen LogP contribution in [0.25, 0.3) is 22.2 Å². The lowest BCUT2D eigenvalue weighted by molar-refractivity contribution is 0.106. The van der Waals surface area contributed by atoms with Crippen LogP contribution in [0.2, 0.25) is 0 Å². The summed E-state index contributed by atoms with van der Waals surface area (Å²) >= 11 is 0. The summed E-state index contributed by atoms with van der Waals surface area (Å²) in [5, 5.41) is 1.12. The number of fused-ring (bicyclic) bond motifs is 2. The van der Waals surface area contributed by atoms with E-state index in [1.807, 2.05) is 12.3 Å². The molecular formula is C22H26N4O. The molecule has 3 heterocycles. The zero-order valence-corrected chi connectivity index (χ0v) is 16.0. The quantitative estimate of drug-likeness (QED) is 0.693. The maximum absolute atomic E-state index is 5.99. The Morgan fingerprint density at radius 1 is 1.15 bits per heavy atom. The van der Waals surface area contributed by atoms with E-state index < -0.39 is 0 Å². The van der Waals surface area contributed by atoms with Gasteiger partial charge in [-0.05, 0) is 42.5 Å². The van der Waals surface area contributed by atoms with Gasteiger partial charge in [-0.1, -0.05) is 25.0 Å². The molecule has 5 nitrogen and oxygen atoms in total. The first-order chi connectivity index (χ1) is 13.2. The summed E-state index contributed by atoms with van der Waals surface area (Å²) in [4.78, 5) is 12.9. The molecule has 0 saturated heterocycles. The van der Waals surface area contributed by atoms with E-state index in [9.17, 15) is 0 Å². The Morgan fingerprint density at radius 2 is 2.00 bits per heavy atom. The van der Waals surface area contributed by atoms with Gasteiger partial charge in [-0.25, -0.2) is 4.98 Å². The van der Waals surface area contributed by atoms with Gasteiger partial charge >= 0.3 is 0 Å². The van der Waals surface area contributed by atoms with E-state index in [2.05, 4.69) is 58.4 Å². The molecule has 0 unspecified atom stereocenters. The summed E-state index contributed by atoms with van der Waals surface area (Å²) in [5.74, 6) is 0. The Morgan fingerprint density at radius 3 is 2.85 bits per heavy atom. The number of anilines is 2. The molecule has 0 spiro atoms. The first-order valence-corrected chi connectivity index (χ1v) is 9.91. The number of benzene rings is 1. The molecule has 2 aliphatic rings. The maximum Gasteiger partial charge on any atom is 0.142 e. The van der Waals surface area contributed by atoms with E-state index in [1.165, 1.54) is 35.2 Å². The lowest BCUT2D eigenvalue weighted by atomic mass is 10.0. The van der Waals surface area contributed by atoms with Gasteiger partial charge in [-0.15, -0.1) is 0 Å². The van der Waals surface area contributed by atoms with Crippen molar-refractivity contribution in [1.29, 1.82) is 0 Å². The average molecular weight is 362 g/mol. The molecule has 0 amide bonds. The van der Waals surface area contributed by atoms with Crippen molar-refractivity contribution in [1.82, 2.24) is 9.55 Å². The highest BCUT2D eigenvalue weighted by atomic mass is 16.7. The van der Waals surface area contributed by atoms with E-state index in [1.54, 1.807) is 0 Å². The van der Waals surface area contributed by atoms with Gasteiger partial charge in [-0.3, -0.25) is 10.3 Å². The zero-order valence-electron chi connectivity index (χ0n) is 16.0. The highest BCUT2D eigenvalue weighted by Gasteiger charge is 2.20. The van der Waals surface area contributed by atoms with Gasteiger partial charge in [0, 0.05) is 44.3 Å². The Bertz CT molecular complexity index is 987. The fourth-order valence-corrected chi connectivity index (χ4v) is 4.47. The number of rotatable bonds is 4. The van der Waals surface area contributed by atoms with Crippen LogP contribution in [-0.4, -0.2) is 29.2 Å². The Balaban J connectivity index is 1.57. The first kappa shape index (κ1) is 16.6. The topological polar surface area (TPSA) is 42.3 Å². The second-order valence-electron chi connectivity index (χ2n) is 7.85. The van der Waals surface area contributed by atoms with Gasteiger partial charge < -0.3 is 9.47 Å². The number of aromatic nitrogens is 2. The third-order valence-electron chi connectivity index (χ3n) is 6.02. The van der Waals surface area contributed by atoms with Crippen molar-refractivity contribution in [2.45, 2.75) is 38.2 Å². The van der Waals surface area contributed by atoms with Crippen LogP contribution in [0.4, 0.5) is 11.4 Å². The molecule has 5 heteroatoms. The summed E-state index contributed by atoms with van der Waals surface area (Å²) in [6.45, 7) is 1.10. The molecule has 3 aromatic rings. The minimum absolute atomic E-state index is 0.314. The van der Waals surface area contributed by atoms with Crippen molar-refractivity contribution in [2.75, 3.05) is 24.0 Å². The molecule has 140 valence electrons. The number of nitrogens with one attached hydrogen (secondary N) is 1. The second kappa shape index (κ2) is 6.57. The van der Waals surface area contributed by atoms with Crippen LogP contribution in [0, 0.1) is 0 Å². The molecule has 2 aromatic heterocycles. The van der Waals surface area contributed by atoms with Crippen molar-refractivity contribution < 1.29 is 4.84 Å². The molecule has 1 fully saturated rings. The average Bonchev–Trinajstić information content (AvgIpc) is 3.41. The van der Waals surface area contributed by atoms with Crippen LogP contribution in [0.3, 0.4) is 0 Å². The number of hydrogen-bond acceptors (Lipinski definition) is 4. The van der Waals surface area contributed by atoms with Crippen LogP contribution in [0.5, 0.6) is 0 Å². The van der Waals surface area contributed by atoms with E-state index in [0.717, 1.165) is 42.5 Å². The fourth-order valence-electron chi connectivity index (χ4n) is 4.47. The predicted octanol–water partition coefficient (Wildman–Crippen LogP) is 4.52. The third kappa shape index (κ3) is 2.86. The van der Waals surface area contributed by atoms with E-state index in [-0.39, 0.29) is 0 Å². The monoisotopic (exact) mass is 362 g/mol. The van der Waals surface area contributed by atoms with E-state index in [0.29, 0.717) is 6.10 Å². The number of aryl methyl sites for hydroxylation is 1. The fraction of sp³-hybridized carbons (Fsp3) is 0.409. The second-order valence-corrected chi connectivity index (χ2v) is 7.85. The lowest BCUT2D eigenvalue weighted by Crippen LogP contribution is -2.13. The smallest absolute Gasteiger partial charge is 0.142 e. The summed E-state index contributed by atoms with van der Waals surface area (Å²) < 4.78 is 2.10. The van der Waals surface area contributed by atoms with Crippen LogP contribution in [0.15, 0.2) is 36.7 Å². The van der Waals surface area contributed by atoms with Gasteiger partial charge in [0.05, 0.1) is 17.2 Å². The molecule has 1 aliphatic carbocycles. The Labute approximate surface area is 159 Å². The standard InChI is InChI=1S/C22H26N4O/c1-25-12-10-15-7-8-16(13-20(15)25)18-14-26(2)22-21(18)19(9-11-23-22)24-27-17-5-3-4-6-17/h7-9,11,13-14,17H,3-6,10,12H2,1-2H3,(H,23,24). The highest BCUT2D eigenvalue weighted by molar-refractivity contribution is 6.02. The largest absolute Gasteiger partial charge is 0.374 e. The normalized spacial score (nSPS) is 17.0. The zero-order chi connectivity index (χ0) is 18.4. The van der Waals surface area contributed by atoms with Gasteiger partial charge in [0.1, 0.15) is 5.65 Å². The van der Waals surface area contributed by atoms with Gasteiger partial charge in [0.15, 0.2) is 0 Å². The van der Waals surface area contributed by atoms with Crippen molar-refractivity contribution in [3.05, 3.63) is 42.2 Å². The van der Waals surface area contributed by atoms with Crippen molar-refractivity contribution in [3.63, 3.8) is 0 Å². The number of pyridine rings is 1. The van der Waals surface area contributed by atoms with Crippen LogP contribution in [-0.2, 0) is 18.3 Å². The van der Waals surface area contributed by atoms with Crippen LogP contribution in [0.1, 0.15) is 31.2 Å². The molecule has 0 radical (unpaired) electrons. The summed E-state index contributed by atoms with van der Waals surface area (Å²) in [5.41, 5.74) is 10.4. The molecule has 1 aliphatic heterocycles. The molecule has 0 atom stereocenters. The summed E-state index contributed by atoms with van der Waals surface area (Å²) in [7, 11) is 4.22. The van der Waals surface area contributed by atoms with Crippen molar-refractivity contribution >= 4 is 22.4 Å². The van der Waals surface area contributed by atoms with E-state index >= 15 is 0 Å². The van der Waals surface area contributed by atoms with Crippen LogP contribution < -0.4 is 10.4 Å². The third-order valence-corrected chi connectivity index (χ3v) is 6.02. The Kier molecular flexibility index (Phi) is 4.05. The van der Waals surface area contributed by atoms with Gasteiger partial charge in [0.2, 0.25) is 0 Å². The summed E-state index contributed by atoms with van der Waals surface area (Å²) in [6, 6.07) is 8.83. The minimum Gasteiger partial charge on any atom is -0.374 e. The van der Waals surface area contributed by atoms with Crippen molar-refractivity contribution in [3.8, 4) is 11.1 Å².